The molecule has 0 atom stereocenters. The summed E-state index contributed by atoms with van der Waals surface area (Å²) >= 11 is 12.2. The molecule has 2 heterocycles. The van der Waals surface area contributed by atoms with Crippen LogP contribution in [0.1, 0.15) is 31.5 Å². The highest BCUT2D eigenvalue weighted by molar-refractivity contribution is 6.34. The second-order valence-corrected chi connectivity index (χ2v) is 8.09. The monoisotopic (exact) mass is 454 g/mol. The largest absolute Gasteiger partial charge is 0.295 e. The van der Waals surface area contributed by atoms with Crippen molar-refractivity contribution in [3.63, 3.8) is 0 Å². The van der Waals surface area contributed by atoms with Gasteiger partial charge >= 0.3 is 0 Å². The number of aryl methyl sites for hydroxylation is 1. The summed E-state index contributed by atoms with van der Waals surface area (Å²) in [6, 6.07) is 14.0. The predicted octanol–water partition coefficient (Wildman–Crippen LogP) is 5.37. The van der Waals surface area contributed by atoms with Crippen LogP contribution in [0.5, 0.6) is 0 Å². The summed E-state index contributed by atoms with van der Waals surface area (Å²) in [5, 5.41) is 9.90. The van der Waals surface area contributed by atoms with Crippen molar-refractivity contribution in [2.45, 2.75) is 27.2 Å². The lowest BCUT2D eigenvalue weighted by atomic mass is 9.95. The van der Waals surface area contributed by atoms with Crippen LogP contribution in [0.3, 0.4) is 0 Å². The molecule has 1 amide bonds. The van der Waals surface area contributed by atoms with Gasteiger partial charge < -0.3 is 0 Å². The summed E-state index contributed by atoms with van der Waals surface area (Å²) in [6.07, 6.45) is 0.487. The molecule has 6 nitrogen and oxygen atoms in total. The fourth-order valence-electron chi connectivity index (χ4n) is 3.81. The summed E-state index contributed by atoms with van der Waals surface area (Å²) in [7, 11) is 0. The maximum absolute atomic E-state index is 13.3. The standard InChI is InChI=1S/C23H20Cl2N4O2/c1-4-19(20-13(2)26-28(22(20)30)17-9-5-7-15(24)11-17)21-14(3)27-29(23(21)31)18-10-6-8-16(25)12-18/h5-12,26H,4H2,1-3H3/b21-19-. The molecule has 0 aliphatic carbocycles. The third kappa shape index (κ3) is 3.73. The van der Waals surface area contributed by atoms with Crippen molar-refractivity contribution in [1.29, 1.82) is 0 Å². The van der Waals surface area contributed by atoms with Crippen molar-refractivity contribution in [3.05, 3.63) is 85.8 Å². The number of hydrogen-bond donors (Lipinski definition) is 1. The maximum Gasteiger partial charge on any atom is 0.280 e. The van der Waals surface area contributed by atoms with Crippen LogP contribution in [0.2, 0.25) is 10.0 Å². The van der Waals surface area contributed by atoms with Crippen molar-refractivity contribution in [2.75, 3.05) is 5.01 Å². The molecule has 158 valence electrons. The third-order valence-electron chi connectivity index (χ3n) is 5.17. The lowest BCUT2D eigenvalue weighted by molar-refractivity contribution is -0.114. The van der Waals surface area contributed by atoms with Crippen molar-refractivity contribution in [2.24, 2.45) is 5.10 Å². The van der Waals surface area contributed by atoms with Crippen LogP contribution in [-0.4, -0.2) is 21.4 Å². The van der Waals surface area contributed by atoms with Gasteiger partial charge in [0, 0.05) is 15.7 Å². The Morgan fingerprint density at radius 1 is 1.00 bits per heavy atom. The number of aromatic amines is 1. The van der Waals surface area contributed by atoms with E-state index in [2.05, 4.69) is 10.2 Å². The van der Waals surface area contributed by atoms with Gasteiger partial charge in [0.25, 0.3) is 11.5 Å². The van der Waals surface area contributed by atoms with E-state index in [1.807, 2.05) is 13.8 Å². The molecule has 0 saturated carbocycles. The molecule has 0 unspecified atom stereocenters. The van der Waals surface area contributed by atoms with Crippen molar-refractivity contribution in [1.82, 2.24) is 9.78 Å². The van der Waals surface area contributed by atoms with E-state index >= 15 is 0 Å². The minimum absolute atomic E-state index is 0.245. The lowest BCUT2D eigenvalue weighted by Crippen LogP contribution is -2.23. The van der Waals surface area contributed by atoms with Crippen LogP contribution in [0, 0.1) is 6.92 Å². The zero-order valence-corrected chi connectivity index (χ0v) is 18.8. The number of nitrogens with zero attached hydrogens (tertiary/aromatic N) is 3. The van der Waals surface area contributed by atoms with E-state index in [0.717, 1.165) is 0 Å². The molecule has 3 aromatic rings. The Morgan fingerprint density at radius 3 is 2.23 bits per heavy atom. The fourth-order valence-corrected chi connectivity index (χ4v) is 4.18. The molecule has 2 aromatic carbocycles. The number of rotatable bonds is 4. The number of carbonyl (C=O) groups excluding carboxylic acids is 1. The molecule has 0 bridgehead atoms. The highest BCUT2D eigenvalue weighted by Crippen LogP contribution is 2.32. The summed E-state index contributed by atoms with van der Waals surface area (Å²) < 4.78 is 1.44. The topological polar surface area (TPSA) is 70.5 Å². The Hall–Kier alpha value is -3.09. The first-order chi connectivity index (χ1) is 14.8. The van der Waals surface area contributed by atoms with E-state index in [-0.39, 0.29) is 11.5 Å². The number of amides is 1. The van der Waals surface area contributed by atoms with Gasteiger partial charge in [0.05, 0.1) is 28.2 Å². The number of nitrogens with one attached hydrogen (secondary N) is 1. The molecule has 0 radical (unpaired) electrons. The van der Waals surface area contributed by atoms with Gasteiger partial charge in [0.2, 0.25) is 0 Å². The van der Waals surface area contributed by atoms with Gasteiger partial charge in [-0.05, 0) is 62.2 Å². The zero-order valence-electron chi connectivity index (χ0n) is 17.2. The van der Waals surface area contributed by atoms with Crippen molar-refractivity contribution >= 4 is 46.1 Å². The van der Waals surface area contributed by atoms with E-state index in [4.69, 9.17) is 23.2 Å². The average Bonchev–Trinajstić information content (AvgIpc) is 3.19. The first-order valence-corrected chi connectivity index (χ1v) is 10.5. The zero-order chi connectivity index (χ0) is 22.3. The molecule has 8 heteroatoms. The van der Waals surface area contributed by atoms with Gasteiger partial charge in [0.1, 0.15) is 0 Å². The number of halogens is 2. The quantitative estimate of drug-likeness (QED) is 0.538. The van der Waals surface area contributed by atoms with Gasteiger partial charge in [-0.1, -0.05) is 42.3 Å². The summed E-state index contributed by atoms with van der Waals surface area (Å²) in [5.41, 5.74) is 3.71. The number of hydrogen-bond acceptors (Lipinski definition) is 3. The molecule has 1 aliphatic heterocycles. The van der Waals surface area contributed by atoms with Crippen molar-refractivity contribution < 1.29 is 4.79 Å². The van der Waals surface area contributed by atoms with Gasteiger partial charge in [-0.3, -0.25) is 14.7 Å². The van der Waals surface area contributed by atoms with Gasteiger partial charge in [0.15, 0.2) is 0 Å². The third-order valence-corrected chi connectivity index (χ3v) is 5.64. The van der Waals surface area contributed by atoms with Gasteiger partial charge in [-0.25, -0.2) is 4.68 Å². The van der Waals surface area contributed by atoms with Crippen LogP contribution in [0.25, 0.3) is 11.3 Å². The molecular formula is C23H20Cl2N4O2. The van der Waals surface area contributed by atoms with Crippen LogP contribution in [-0.2, 0) is 4.79 Å². The molecule has 0 spiro atoms. The number of benzene rings is 2. The van der Waals surface area contributed by atoms with Gasteiger partial charge in [-0.2, -0.15) is 10.1 Å². The Bertz CT molecular complexity index is 1320. The maximum atomic E-state index is 13.3. The van der Waals surface area contributed by atoms with Crippen LogP contribution in [0.4, 0.5) is 5.69 Å². The van der Waals surface area contributed by atoms with Crippen LogP contribution in [0.15, 0.2) is 64.0 Å². The van der Waals surface area contributed by atoms with Crippen LogP contribution < -0.4 is 10.6 Å². The average molecular weight is 455 g/mol. The number of hydrazone groups is 1. The van der Waals surface area contributed by atoms with E-state index in [1.54, 1.807) is 55.5 Å². The summed E-state index contributed by atoms with van der Waals surface area (Å²) in [6.45, 7) is 5.50. The highest BCUT2D eigenvalue weighted by Gasteiger charge is 2.33. The Morgan fingerprint density at radius 2 is 1.61 bits per heavy atom. The number of allylic oxidation sites excluding steroid dienone is 1. The molecular weight excluding hydrogens is 435 g/mol. The Kier molecular flexibility index (Phi) is 5.60. The lowest BCUT2D eigenvalue weighted by Gasteiger charge is -2.13. The van der Waals surface area contributed by atoms with E-state index < -0.39 is 0 Å². The molecule has 0 saturated heterocycles. The number of H-pyrrole nitrogens is 1. The van der Waals surface area contributed by atoms with E-state index in [1.165, 1.54) is 9.69 Å². The number of aromatic nitrogens is 2. The normalized spacial score (nSPS) is 15.5. The SMILES string of the molecule is CC/C(=C1/C(=O)N(c2cccc(Cl)c2)N=C1C)c1c(C)[nH]n(-c2cccc(Cl)c2)c1=O. The fraction of sp³-hybridized carbons (Fsp3) is 0.174. The first kappa shape index (κ1) is 21.2. The first-order valence-electron chi connectivity index (χ1n) is 9.78. The summed E-state index contributed by atoms with van der Waals surface area (Å²) in [5.74, 6) is -0.286. The Labute approximate surface area is 189 Å². The molecule has 1 aromatic heterocycles. The second kappa shape index (κ2) is 8.21. The highest BCUT2D eigenvalue weighted by atomic mass is 35.5. The van der Waals surface area contributed by atoms with Crippen molar-refractivity contribution in [3.8, 4) is 5.69 Å². The van der Waals surface area contributed by atoms with E-state index in [0.29, 0.717) is 56.0 Å². The minimum Gasteiger partial charge on any atom is -0.295 e. The van der Waals surface area contributed by atoms with Crippen LogP contribution >= 0.6 is 23.2 Å². The molecule has 0 fully saturated rings. The summed E-state index contributed by atoms with van der Waals surface area (Å²) in [4.78, 5) is 26.7. The van der Waals surface area contributed by atoms with Gasteiger partial charge in [-0.15, -0.1) is 0 Å². The minimum atomic E-state index is -0.286. The molecule has 1 aliphatic rings. The smallest absolute Gasteiger partial charge is 0.280 e. The number of anilines is 1. The second-order valence-electron chi connectivity index (χ2n) is 7.22. The predicted molar refractivity (Wildman–Crippen MR) is 125 cm³/mol. The van der Waals surface area contributed by atoms with E-state index in [9.17, 15) is 9.59 Å². The molecule has 4 rings (SSSR count). The molecule has 1 N–H and O–H groups in total. The molecule has 31 heavy (non-hydrogen) atoms. The Balaban J connectivity index is 1.85. The number of carbonyl (C=O) groups is 1.